The van der Waals surface area contributed by atoms with E-state index >= 15 is 0 Å². The molecule has 2 aliphatic heterocycles. The molecule has 2 amide bonds. The number of piperazine rings is 1. The maximum Gasteiger partial charge on any atom is 0.323 e. The van der Waals surface area contributed by atoms with Crippen LogP contribution in [0.5, 0.6) is 11.5 Å². The molecule has 0 atom stereocenters. The van der Waals surface area contributed by atoms with Crippen molar-refractivity contribution in [2.24, 2.45) is 5.92 Å². The smallest absolute Gasteiger partial charge is 0.323 e. The molecule has 0 bridgehead atoms. The Kier molecular flexibility index (Phi) is 15.4. The summed E-state index contributed by atoms with van der Waals surface area (Å²) in [6, 6.07) is 23.8. The molecule has 4 heterocycles. The summed E-state index contributed by atoms with van der Waals surface area (Å²) in [5.74, 6) is 3.97. The van der Waals surface area contributed by atoms with Crippen molar-refractivity contribution >= 4 is 39.9 Å². The lowest BCUT2D eigenvalue weighted by Gasteiger charge is -2.39. The number of ether oxygens (including phenoxy) is 2. The molecular formula is C48H63N9O3. The van der Waals surface area contributed by atoms with E-state index in [0.29, 0.717) is 36.2 Å². The third kappa shape index (κ3) is 11.6. The van der Waals surface area contributed by atoms with Crippen LogP contribution in [0.15, 0.2) is 85.3 Å². The molecule has 3 N–H and O–H groups in total. The Morgan fingerprint density at radius 2 is 1.55 bits per heavy atom. The van der Waals surface area contributed by atoms with Gasteiger partial charge in [-0.3, -0.25) is 4.90 Å². The van der Waals surface area contributed by atoms with E-state index in [1.165, 1.54) is 51.9 Å². The second-order valence-corrected chi connectivity index (χ2v) is 16.1. The Morgan fingerprint density at radius 3 is 2.30 bits per heavy atom. The van der Waals surface area contributed by atoms with Gasteiger partial charge in [-0.15, -0.1) is 0 Å². The highest BCUT2D eigenvalue weighted by Crippen LogP contribution is 2.34. The average molecular weight is 814 g/mol. The van der Waals surface area contributed by atoms with Gasteiger partial charge in [0, 0.05) is 68.3 Å². The van der Waals surface area contributed by atoms with Gasteiger partial charge in [0.15, 0.2) is 11.5 Å². The predicted octanol–water partition coefficient (Wildman–Crippen LogP) is 8.89. The molecule has 3 aromatic carbocycles. The maximum atomic E-state index is 13.0. The number of hydrogen-bond donors (Lipinski definition) is 3. The van der Waals surface area contributed by atoms with E-state index < -0.39 is 0 Å². The number of urea groups is 1. The van der Waals surface area contributed by atoms with Gasteiger partial charge in [-0.25, -0.2) is 19.7 Å². The van der Waals surface area contributed by atoms with E-state index in [9.17, 15) is 4.79 Å². The molecular weight excluding hydrogens is 751 g/mol. The number of rotatable bonds is 19. The Bertz CT molecular complexity index is 2100. The molecule has 0 spiro atoms. The molecule has 12 heteroatoms. The lowest BCUT2D eigenvalue weighted by Crippen LogP contribution is -2.49. The Balaban J connectivity index is 0.819. The fourth-order valence-corrected chi connectivity index (χ4v) is 8.53. The maximum absolute atomic E-state index is 13.0. The molecule has 2 saturated heterocycles. The normalized spacial score (nSPS) is 15.2. The predicted molar refractivity (Wildman–Crippen MR) is 244 cm³/mol. The molecule has 60 heavy (non-hydrogen) atoms. The zero-order chi connectivity index (χ0) is 41.5. The van der Waals surface area contributed by atoms with Crippen LogP contribution in [0.2, 0.25) is 0 Å². The lowest BCUT2D eigenvalue weighted by molar-refractivity contribution is 0.138. The van der Waals surface area contributed by atoms with Gasteiger partial charge in [0.05, 0.1) is 19.2 Å². The number of anilines is 4. The summed E-state index contributed by atoms with van der Waals surface area (Å²) in [7, 11) is 1.66. The highest BCUT2D eigenvalue weighted by Gasteiger charge is 2.24. The van der Waals surface area contributed by atoms with Crippen LogP contribution < -0.4 is 30.3 Å². The second kappa shape index (κ2) is 21.7. The molecule has 0 radical (unpaired) electrons. The minimum atomic E-state index is -0.260. The highest BCUT2D eigenvalue weighted by molar-refractivity contribution is 6.00. The standard InChI is InChI=1S/C48H63N9O3/c1-4-38-15-13-16-39(5-2)46(38)54-48(58)53-40-17-12-14-37(30-40)33-50-47-41-31-44(43(59-3)32-42(41)51-35-52-47)60-29-11-7-6-10-22-55-23-19-36(20-24-55)34-56-25-27-57(28-26-56)45-18-8-9-21-49-45/h8-9,12-18,21,30-32,35-36H,4-7,10-11,19-20,22-29,33-34H2,1-3H3,(H,50,51,52)(H2,53,54,58). The van der Waals surface area contributed by atoms with Crippen LogP contribution in [0.3, 0.4) is 0 Å². The van der Waals surface area contributed by atoms with Gasteiger partial charge in [-0.1, -0.05) is 63.1 Å². The Hall–Kier alpha value is -5.46. The fraction of sp³-hybridized carbons (Fsp3) is 0.458. The lowest BCUT2D eigenvalue weighted by atomic mass is 9.95. The number of amides is 2. The van der Waals surface area contributed by atoms with Crippen molar-refractivity contribution in [3.8, 4) is 11.5 Å². The summed E-state index contributed by atoms with van der Waals surface area (Å²) in [6.45, 7) is 14.6. The summed E-state index contributed by atoms with van der Waals surface area (Å²) in [5.41, 5.74) is 5.62. The van der Waals surface area contributed by atoms with Crippen LogP contribution in [0.4, 0.5) is 27.8 Å². The fourth-order valence-electron chi connectivity index (χ4n) is 8.53. The number of carbonyl (C=O) groups excluding carboxylic acids is 1. The Morgan fingerprint density at radius 1 is 0.767 bits per heavy atom. The largest absolute Gasteiger partial charge is 0.493 e. The van der Waals surface area contributed by atoms with Crippen molar-refractivity contribution in [1.29, 1.82) is 0 Å². The molecule has 2 fully saturated rings. The van der Waals surface area contributed by atoms with Crippen LogP contribution in [-0.2, 0) is 19.4 Å². The number of para-hydroxylation sites is 1. The van der Waals surface area contributed by atoms with Gasteiger partial charge in [-0.2, -0.15) is 0 Å². The van der Waals surface area contributed by atoms with Crippen LogP contribution >= 0.6 is 0 Å². The van der Waals surface area contributed by atoms with E-state index in [0.717, 1.165) is 96.9 Å². The minimum Gasteiger partial charge on any atom is -0.493 e. The second-order valence-electron chi connectivity index (χ2n) is 16.1. The molecule has 7 rings (SSSR count). The van der Waals surface area contributed by atoms with Gasteiger partial charge in [0.2, 0.25) is 0 Å². The van der Waals surface area contributed by atoms with Crippen molar-refractivity contribution in [2.45, 2.75) is 71.8 Å². The molecule has 0 unspecified atom stereocenters. The molecule has 0 aliphatic carbocycles. The van der Waals surface area contributed by atoms with E-state index in [1.807, 2.05) is 54.7 Å². The van der Waals surface area contributed by atoms with Crippen molar-refractivity contribution in [3.05, 3.63) is 102 Å². The summed E-state index contributed by atoms with van der Waals surface area (Å²) in [6.07, 6.45) is 12.3. The quantitative estimate of drug-likeness (QED) is 0.0698. The molecule has 12 nitrogen and oxygen atoms in total. The number of unbranched alkanes of at least 4 members (excludes halogenated alkanes) is 3. The number of nitrogens with zero attached hydrogens (tertiary/aromatic N) is 6. The van der Waals surface area contributed by atoms with Crippen LogP contribution in [0.25, 0.3) is 10.9 Å². The number of piperidine rings is 1. The van der Waals surface area contributed by atoms with Gasteiger partial charge in [-0.05, 0) is 111 Å². The number of likely N-dealkylation sites (tertiary alicyclic amines) is 1. The number of fused-ring (bicyclic) bond motifs is 1. The number of aromatic nitrogens is 3. The first-order valence-corrected chi connectivity index (χ1v) is 22.1. The Labute approximate surface area is 356 Å². The monoisotopic (exact) mass is 814 g/mol. The van der Waals surface area contributed by atoms with E-state index in [-0.39, 0.29) is 6.03 Å². The van der Waals surface area contributed by atoms with Crippen molar-refractivity contribution < 1.29 is 14.3 Å². The SMILES string of the molecule is CCc1cccc(CC)c1NC(=O)Nc1cccc(CNc2ncnc3cc(OC)c(OCCCCCCN4CCC(CN5CCN(c6ccccn6)CC5)CC4)cc23)c1. The number of hydrogen-bond acceptors (Lipinski definition) is 10. The van der Waals surface area contributed by atoms with Gasteiger partial charge < -0.3 is 35.2 Å². The number of benzene rings is 3. The van der Waals surface area contributed by atoms with Gasteiger partial charge in [0.1, 0.15) is 18.0 Å². The molecule has 2 aromatic heterocycles. The number of carbonyl (C=O) groups is 1. The number of aryl methyl sites for hydroxylation is 2. The number of methoxy groups -OCH3 is 1. The number of nitrogens with one attached hydrogen (secondary N) is 3. The van der Waals surface area contributed by atoms with Gasteiger partial charge >= 0.3 is 6.03 Å². The third-order valence-electron chi connectivity index (χ3n) is 12.0. The summed E-state index contributed by atoms with van der Waals surface area (Å²) >= 11 is 0. The van der Waals surface area contributed by atoms with Crippen molar-refractivity contribution in [1.82, 2.24) is 24.8 Å². The first-order valence-electron chi connectivity index (χ1n) is 22.1. The van der Waals surface area contributed by atoms with Crippen molar-refractivity contribution in [3.63, 3.8) is 0 Å². The van der Waals surface area contributed by atoms with E-state index in [4.69, 9.17) is 9.47 Å². The first kappa shape index (κ1) is 42.7. The average Bonchev–Trinajstić information content (AvgIpc) is 3.29. The van der Waals surface area contributed by atoms with Crippen LogP contribution in [0, 0.1) is 5.92 Å². The van der Waals surface area contributed by atoms with E-state index in [1.54, 1.807) is 13.4 Å². The zero-order valence-corrected chi connectivity index (χ0v) is 35.8. The van der Waals surface area contributed by atoms with Crippen LogP contribution in [-0.4, -0.2) is 96.9 Å². The molecule has 5 aromatic rings. The third-order valence-corrected chi connectivity index (χ3v) is 12.0. The first-order chi connectivity index (χ1) is 29.5. The number of pyridine rings is 1. The van der Waals surface area contributed by atoms with E-state index in [2.05, 4.69) is 83.7 Å². The summed E-state index contributed by atoms with van der Waals surface area (Å²) < 4.78 is 12.0. The van der Waals surface area contributed by atoms with Crippen molar-refractivity contribution in [2.75, 3.05) is 86.9 Å². The van der Waals surface area contributed by atoms with Gasteiger partial charge in [0.25, 0.3) is 0 Å². The summed E-state index contributed by atoms with van der Waals surface area (Å²) in [5, 5.41) is 10.4. The topological polar surface area (TPSA) is 120 Å². The minimum absolute atomic E-state index is 0.260. The zero-order valence-electron chi connectivity index (χ0n) is 35.8. The summed E-state index contributed by atoms with van der Waals surface area (Å²) in [4.78, 5) is 34.4. The molecule has 2 aliphatic rings. The molecule has 318 valence electrons. The highest BCUT2D eigenvalue weighted by atomic mass is 16.5. The van der Waals surface area contributed by atoms with Crippen LogP contribution in [0.1, 0.15) is 69.1 Å². The molecule has 0 saturated carbocycles.